The van der Waals surface area contributed by atoms with Gasteiger partial charge in [-0.15, -0.1) is 0 Å². The minimum absolute atomic E-state index is 0.443. The van der Waals surface area contributed by atoms with Crippen molar-refractivity contribution < 1.29 is 4.57 Å². The van der Waals surface area contributed by atoms with E-state index in [0.717, 1.165) is 6.42 Å². The molecule has 1 heteroatoms. The van der Waals surface area contributed by atoms with Gasteiger partial charge in [0.1, 0.15) is 0 Å². The Kier molecular flexibility index (Phi) is 9.33. The van der Waals surface area contributed by atoms with Gasteiger partial charge >= 0.3 is 0 Å². The Balaban J connectivity index is 1.74. The van der Waals surface area contributed by atoms with E-state index in [0.29, 0.717) is 6.04 Å². The lowest BCUT2D eigenvalue weighted by atomic mass is 10.0. The molecule has 0 N–H and O–H groups in total. The Bertz CT molecular complexity index is 558. The fourth-order valence-corrected chi connectivity index (χ4v) is 3.60. The Morgan fingerprint density at radius 2 is 1.32 bits per heavy atom. The summed E-state index contributed by atoms with van der Waals surface area (Å²) < 4.78 is 2.35. The molecule has 0 fully saturated rings. The van der Waals surface area contributed by atoms with E-state index in [9.17, 15) is 0 Å². The van der Waals surface area contributed by atoms with Gasteiger partial charge < -0.3 is 0 Å². The zero-order valence-electron chi connectivity index (χ0n) is 16.3. The molecule has 0 spiro atoms. The number of benzene rings is 1. The predicted molar refractivity (Wildman–Crippen MR) is 108 cm³/mol. The molecule has 136 valence electrons. The van der Waals surface area contributed by atoms with Gasteiger partial charge in [0.2, 0.25) is 0 Å². The standard InChI is InChI=1S/C24H36N/c1-3-5-6-7-8-9-10-12-15-22-18-20-25(21-19-22)24(4-2)23-16-13-11-14-17-23/h11,13-14,16-21,24H,3-10,12,15H2,1-2H3/q+1. The Hall–Kier alpha value is -1.63. The number of aromatic nitrogens is 1. The van der Waals surface area contributed by atoms with Crippen LogP contribution in [0, 0.1) is 0 Å². The van der Waals surface area contributed by atoms with Crippen molar-refractivity contribution in [3.63, 3.8) is 0 Å². The van der Waals surface area contributed by atoms with Crippen molar-refractivity contribution in [2.45, 2.75) is 84.1 Å². The molecular weight excluding hydrogens is 302 g/mol. The third kappa shape index (κ3) is 7.02. The number of unbranched alkanes of at least 4 members (excludes halogenated alkanes) is 7. The zero-order chi connectivity index (χ0) is 17.7. The summed E-state index contributed by atoms with van der Waals surface area (Å²) in [5.74, 6) is 0. The van der Waals surface area contributed by atoms with Crippen LogP contribution in [0.3, 0.4) is 0 Å². The van der Waals surface area contributed by atoms with Crippen LogP contribution in [0.1, 0.15) is 88.8 Å². The highest BCUT2D eigenvalue weighted by Crippen LogP contribution is 2.16. The third-order valence-corrected chi connectivity index (χ3v) is 5.17. The summed E-state index contributed by atoms with van der Waals surface area (Å²) >= 11 is 0. The van der Waals surface area contributed by atoms with Crippen LogP contribution < -0.4 is 4.57 Å². The molecule has 2 aromatic rings. The molecule has 2 rings (SSSR count). The first-order chi connectivity index (χ1) is 12.3. The number of aryl methyl sites for hydroxylation is 1. The molecule has 0 aliphatic carbocycles. The van der Waals surface area contributed by atoms with Crippen LogP contribution in [-0.4, -0.2) is 0 Å². The monoisotopic (exact) mass is 338 g/mol. The van der Waals surface area contributed by atoms with Gasteiger partial charge in [-0.2, -0.15) is 4.57 Å². The SMILES string of the molecule is CCCCCCCCCCc1cc[n+](C(CC)c2ccccc2)cc1. The zero-order valence-corrected chi connectivity index (χ0v) is 16.3. The number of nitrogens with zero attached hydrogens (tertiary/aromatic N) is 1. The molecule has 1 atom stereocenters. The maximum absolute atomic E-state index is 2.35. The molecular formula is C24H36N+. The molecule has 0 aliphatic rings. The summed E-state index contributed by atoms with van der Waals surface area (Å²) in [4.78, 5) is 0. The fraction of sp³-hybridized carbons (Fsp3) is 0.542. The van der Waals surface area contributed by atoms with Gasteiger partial charge in [0.05, 0.1) is 0 Å². The maximum atomic E-state index is 2.35. The van der Waals surface area contributed by atoms with Gasteiger partial charge in [-0.25, -0.2) is 0 Å². The molecule has 0 saturated heterocycles. The van der Waals surface area contributed by atoms with Gasteiger partial charge in [-0.1, -0.05) is 89.1 Å². The molecule has 1 aromatic carbocycles. The number of hydrogen-bond donors (Lipinski definition) is 0. The molecule has 0 radical (unpaired) electrons. The van der Waals surface area contributed by atoms with Gasteiger partial charge in [0.15, 0.2) is 18.4 Å². The van der Waals surface area contributed by atoms with Crippen molar-refractivity contribution in [1.29, 1.82) is 0 Å². The van der Waals surface area contributed by atoms with Crippen molar-refractivity contribution in [3.8, 4) is 0 Å². The quantitative estimate of drug-likeness (QED) is 0.301. The average Bonchev–Trinajstić information content (AvgIpc) is 2.66. The highest BCUT2D eigenvalue weighted by atomic mass is 15.0. The molecule has 1 unspecified atom stereocenters. The fourth-order valence-electron chi connectivity index (χ4n) is 3.60. The molecule has 1 heterocycles. The first kappa shape index (κ1) is 19.7. The van der Waals surface area contributed by atoms with Crippen molar-refractivity contribution in [3.05, 3.63) is 66.0 Å². The van der Waals surface area contributed by atoms with Gasteiger partial charge in [-0.05, 0) is 18.4 Å². The van der Waals surface area contributed by atoms with Crippen molar-refractivity contribution in [2.24, 2.45) is 0 Å². The molecule has 25 heavy (non-hydrogen) atoms. The molecule has 0 aliphatic heterocycles. The Morgan fingerprint density at radius 3 is 1.92 bits per heavy atom. The van der Waals surface area contributed by atoms with Crippen LogP contribution in [0.5, 0.6) is 0 Å². The molecule has 0 bridgehead atoms. The number of hydrogen-bond acceptors (Lipinski definition) is 0. The normalized spacial score (nSPS) is 12.2. The van der Waals surface area contributed by atoms with E-state index >= 15 is 0 Å². The highest BCUT2D eigenvalue weighted by Gasteiger charge is 2.17. The predicted octanol–water partition coefficient (Wildman–Crippen LogP) is 6.66. The summed E-state index contributed by atoms with van der Waals surface area (Å²) in [6, 6.07) is 15.9. The first-order valence-corrected chi connectivity index (χ1v) is 10.4. The molecule has 1 aromatic heterocycles. The van der Waals surface area contributed by atoms with Crippen molar-refractivity contribution in [1.82, 2.24) is 0 Å². The minimum atomic E-state index is 0.443. The van der Waals surface area contributed by atoms with Crippen LogP contribution in [-0.2, 0) is 6.42 Å². The number of rotatable bonds is 12. The lowest BCUT2D eigenvalue weighted by Crippen LogP contribution is -2.39. The van der Waals surface area contributed by atoms with Crippen LogP contribution in [0.2, 0.25) is 0 Å². The summed E-state index contributed by atoms with van der Waals surface area (Å²) in [5.41, 5.74) is 2.87. The minimum Gasteiger partial charge on any atom is -0.198 e. The smallest absolute Gasteiger partial charge is 0.183 e. The summed E-state index contributed by atoms with van der Waals surface area (Å²) in [7, 11) is 0. The van der Waals surface area contributed by atoms with E-state index in [1.54, 1.807) is 0 Å². The largest absolute Gasteiger partial charge is 0.198 e. The highest BCUT2D eigenvalue weighted by molar-refractivity contribution is 5.17. The Morgan fingerprint density at radius 1 is 0.720 bits per heavy atom. The Labute approximate surface area is 155 Å². The van der Waals surface area contributed by atoms with E-state index in [2.05, 4.69) is 73.3 Å². The average molecular weight is 339 g/mol. The van der Waals surface area contributed by atoms with Crippen molar-refractivity contribution >= 4 is 0 Å². The second-order valence-electron chi connectivity index (χ2n) is 7.21. The van der Waals surface area contributed by atoms with Gasteiger partial charge in [0.25, 0.3) is 0 Å². The van der Waals surface area contributed by atoms with Crippen LogP contribution in [0.25, 0.3) is 0 Å². The topological polar surface area (TPSA) is 3.88 Å². The van der Waals surface area contributed by atoms with E-state index in [-0.39, 0.29) is 0 Å². The third-order valence-electron chi connectivity index (χ3n) is 5.17. The van der Waals surface area contributed by atoms with E-state index in [1.165, 1.54) is 68.9 Å². The second-order valence-corrected chi connectivity index (χ2v) is 7.21. The van der Waals surface area contributed by atoms with E-state index < -0.39 is 0 Å². The van der Waals surface area contributed by atoms with Crippen molar-refractivity contribution in [2.75, 3.05) is 0 Å². The van der Waals surface area contributed by atoms with E-state index in [4.69, 9.17) is 0 Å². The second kappa shape index (κ2) is 11.8. The maximum Gasteiger partial charge on any atom is 0.183 e. The molecule has 1 nitrogen and oxygen atoms in total. The molecule has 0 saturated carbocycles. The van der Waals surface area contributed by atoms with Gasteiger partial charge in [-0.3, -0.25) is 0 Å². The summed E-state index contributed by atoms with van der Waals surface area (Å²) in [6.45, 7) is 4.55. The van der Waals surface area contributed by atoms with E-state index in [1.807, 2.05) is 0 Å². The number of pyridine rings is 1. The van der Waals surface area contributed by atoms with Gasteiger partial charge in [0, 0.05) is 24.1 Å². The summed E-state index contributed by atoms with van der Waals surface area (Å²) in [5, 5.41) is 0. The molecule has 0 amide bonds. The lowest BCUT2D eigenvalue weighted by Gasteiger charge is -2.11. The first-order valence-electron chi connectivity index (χ1n) is 10.4. The lowest BCUT2D eigenvalue weighted by molar-refractivity contribution is -0.714. The van der Waals surface area contributed by atoms with Crippen LogP contribution in [0.4, 0.5) is 0 Å². The summed E-state index contributed by atoms with van der Waals surface area (Å²) in [6.07, 6.45) is 18.0. The van der Waals surface area contributed by atoms with Crippen LogP contribution >= 0.6 is 0 Å². The van der Waals surface area contributed by atoms with Crippen LogP contribution in [0.15, 0.2) is 54.9 Å².